The zero-order valence-corrected chi connectivity index (χ0v) is 7.90. The Labute approximate surface area is 82.1 Å². The first kappa shape index (κ1) is 10.7. The molecule has 0 aliphatic heterocycles. The van der Waals surface area contributed by atoms with E-state index < -0.39 is 0 Å². The van der Waals surface area contributed by atoms with Crippen LogP contribution in [-0.2, 0) is 16.1 Å². The summed E-state index contributed by atoms with van der Waals surface area (Å²) in [6.07, 6.45) is 0.606. The first-order chi connectivity index (χ1) is 6.77. The largest absolute Gasteiger partial charge is 0.507 e. The van der Waals surface area contributed by atoms with E-state index >= 15 is 0 Å². The van der Waals surface area contributed by atoms with Crippen LogP contribution >= 0.6 is 0 Å². The van der Waals surface area contributed by atoms with Gasteiger partial charge in [0, 0.05) is 7.11 Å². The van der Waals surface area contributed by atoms with E-state index in [1.165, 1.54) is 13.2 Å². The predicted molar refractivity (Wildman–Crippen MR) is 50.2 cm³/mol. The highest BCUT2D eigenvalue weighted by Crippen LogP contribution is 2.16. The van der Waals surface area contributed by atoms with Crippen molar-refractivity contribution in [1.82, 2.24) is 0 Å². The van der Waals surface area contributed by atoms with Gasteiger partial charge in [-0.3, -0.25) is 4.79 Å². The molecule has 0 aliphatic rings. The molecule has 0 unspecified atom stereocenters. The summed E-state index contributed by atoms with van der Waals surface area (Å²) in [6.45, 7) is 0.562. The van der Waals surface area contributed by atoms with Gasteiger partial charge in [0.1, 0.15) is 12.5 Å². The molecule has 0 saturated carbocycles. The molecule has 0 amide bonds. The summed E-state index contributed by atoms with van der Waals surface area (Å²) in [7, 11) is 1.54. The van der Waals surface area contributed by atoms with Gasteiger partial charge in [0.15, 0.2) is 6.29 Å². The highest BCUT2D eigenvalue weighted by molar-refractivity contribution is 5.79. The van der Waals surface area contributed by atoms with Gasteiger partial charge in [0.2, 0.25) is 0 Å². The van der Waals surface area contributed by atoms with Crippen LogP contribution in [0.3, 0.4) is 0 Å². The number of benzene rings is 1. The maximum Gasteiger partial charge on any atom is 0.153 e. The highest BCUT2D eigenvalue weighted by atomic mass is 16.7. The topological polar surface area (TPSA) is 55.8 Å². The minimum Gasteiger partial charge on any atom is -0.507 e. The van der Waals surface area contributed by atoms with Crippen molar-refractivity contribution in [2.45, 2.75) is 6.61 Å². The van der Waals surface area contributed by atoms with Crippen molar-refractivity contribution in [2.24, 2.45) is 0 Å². The van der Waals surface area contributed by atoms with E-state index in [1.807, 2.05) is 0 Å². The Morgan fingerprint density at radius 3 is 2.93 bits per heavy atom. The molecule has 0 saturated heterocycles. The molecule has 1 aromatic carbocycles. The lowest BCUT2D eigenvalue weighted by Crippen LogP contribution is -1.97. The number of aromatic hydroxyl groups is 1. The van der Waals surface area contributed by atoms with Gasteiger partial charge in [-0.25, -0.2) is 0 Å². The maximum atomic E-state index is 10.5. The molecule has 4 heteroatoms. The van der Waals surface area contributed by atoms with Gasteiger partial charge < -0.3 is 14.6 Å². The fraction of sp³-hybridized carbons (Fsp3) is 0.300. The molecule has 1 N–H and O–H groups in total. The fourth-order valence-electron chi connectivity index (χ4n) is 1.03. The SMILES string of the molecule is COCOCc1ccc(O)c(C=O)c1. The molecule has 76 valence electrons. The van der Waals surface area contributed by atoms with Crippen LogP contribution in [-0.4, -0.2) is 25.3 Å². The third kappa shape index (κ3) is 2.83. The molecule has 1 rings (SSSR count). The van der Waals surface area contributed by atoms with Gasteiger partial charge in [-0.2, -0.15) is 0 Å². The summed E-state index contributed by atoms with van der Waals surface area (Å²) in [5, 5.41) is 9.21. The first-order valence-electron chi connectivity index (χ1n) is 4.11. The molecular weight excluding hydrogens is 184 g/mol. The number of hydrogen-bond donors (Lipinski definition) is 1. The number of aldehydes is 1. The molecule has 14 heavy (non-hydrogen) atoms. The van der Waals surface area contributed by atoms with Crippen molar-refractivity contribution < 1.29 is 19.4 Å². The zero-order chi connectivity index (χ0) is 10.4. The molecule has 0 heterocycles. The minimum absolute atomic E-state index is 0.0181. The molecule has 0 spiro atoms. The van der Waals surface area contributed by atoms with Crippen LogP contribution < -0.4 is 0 Å². The van der Waals surface area contributed by atoms with Gasteiger partial charge >= 0.3 is 0 Å². The number of ether oxygens (including phenoxy) is 2. The Morgan fingerprint density at radius 2 is 2.29 bits per heavy atom. The van der Waals surface area contributed by atoms with E-state index in [2.05, 4.69) is 0 Å². The molecule has 0 bridgehead atoms. The Bertz CT molecular complexity index is 309. The number of rotatable bonds is 5. The van der Waals surface area contributed by atoms with Crippen LogP contribution in [0.4, 0.5) is 0 Å². The van der Waals surface area contributed by atoms with Crippen molar-refractivity contribution >= 4 is 6.29 Å². The second kappa shape index (κ2) is 5.36. The number of methoxy groups -OCH3 is 1. The van der Waals surface area contributed by atoms with E-state index in [4.69, 9.17) is 9.47 Å². The molecule has 0 aliphatic carbocycles. The Balaban J connectivity index is 2.64. The van der Waals surface area contributed by atoms with Gasteiger partial charge in [0.25, 0.3) is 0 Å². The van der Waals surface area contributed by atoms with Gasteiger partial charge in [-0.15, -0.1) is 0 Å². The van der Waals surface area contributed by atoms with Gasteiger partial charge in [-0.05, 0) is 17.7 Å². The summed E-state index contributed by atoms with van der Waals surface area (Å²) in [4.78, 5) is 10.5. The highest BCUT2D eigenvalue weighted by Gasteiger charge is 2.01. The van der Waals surface area contributed by atoms with Crippen molar-refractivity contribution in [3.05, 3.63) is 29.3 Å². The third-order valence-corrected chi connectivity index (χ3v) is 1.69. The molecule has 4 nitrogen and oxygen atoms in total. The summed E-state index contributed by atoms with van der Waals surface area (Å²) >= 11 is 0. The molecular formula is C10H12O4. The van der Waals surface area contributed by atoms with Crippen LogP contribution in [0.25, 0.3) is 0 Å². The summed E-state index contributed by atoms with van der Waals surface area (Å²) in [5.41, 5.74) is 1.09. The average molecular weight is 196 g/mol. The summed E-state index contributed by atoms with van der Waals surface area (Å²) < 4.78 is 9.79. The third-order valence-electron chi connectivity index (χ3n) is 1.69. The molecule has 1 aromatic rings. The van der Waals surface area contributed by atoms with Crippen LogP contribution in [0.1, 0.15) is 15.9 Å². The normalized spacial score (nSPS) is 10.1. The lowest BCUT2D eigenvalue weighted by molar-refractivity contribution is -0.0390. The summed E-state index contributed by atoms with van der Waals surface area (Å²) in [6, 6.07) is 4.74. The van der Waals surface area contributed by atoms with E-state index in [0.717, 1.165) is 5.56 Å². The molecule has 0 fully saturated rings. The second-order valence-electron chi connectivity index (χ2n) is 2.77. The van der Waals surface area contributed by atoms with Crippen molar-refractivity contribution in [3.8, 4) is 5.75 Å². The van der Waals surface area contributed by atoms with E-state index in [9.17, 15) is 9.90 Å². The number of carbonyl (C=O) groups excluding carboxylic acids is 1. The summed E-state index contributed by atoms with van der Waals surface area (Å²) in [5.74, 6) is -0.0181. The van der Waals surface area contributed by atoms with Crippen LogP contribution in [0.15, 0.2) is 18.2 Å². The quantitative estimate of drug-likeness (QED) is 0.438. The number of hydrogen-bond acceptors (Lipinski definition) is 4. The first-order valence-corrected chi connectivity index (χ1v) is 4.11. The lowest BCUT2D eigenvalue weighted by atomic mass is 10.1. The zero-order valence-electron chi connectivity index (χ0n) is 7.90. The monoisotopic (exact) mass is 196 g/mol. The number of phenolic OH excluding ortho intramolecular Hbond substituents is 1. The Kier molecular flexibility index (Phi) is 4.10. The van der Waals surface area contributed by atoms with E-state index in [1.54, 1.807) is 12.1 Å². The minimum atomic E-state index is -0.0181. The molecule has 0 aromatic heterocycles. The van der Waals surface area contributed by atoms with Crippen molar-refractivity contribution in [3.63, 3.8) is 0 Å². The van der Waals surface area contributed by atoms with Crippen LogP contribution in [0.2, 0.25) is 0 Å². The van der Waals surface area contributed by atoms with Gasteiger partial charge in [-0.1, -0.05) is 6.07 Å². The second-order valence-corrected chi connectivity index (χ2v) is 2.77. The van der Waals surface area contributed by atoms with Gasteiger partial charge in [0.05, 0.1) is 12.2 Å². The lowest BCUT2D eigenvalue weighted by Gasteiger charge is -2.04. The average Bonchev–Trinajstić information content (AvgIpc) is 2.21. The standard InChI is InChI=1S/C10H12O4/c1-13-7-14-6-8-2-3-10(12)9(4-8)5-11/h2-5,12H,6-7H2,1H3. The van der Waals surface area contributed by atoms with Crippen LogP contribution in [0.5, 0.6) is 5.75 Å². The number of phenols is 1. The van der Waals surface area contributed by atoms with E-state index in [0.29, 0.717) is 12.9 Å². The van der Waals surface area contributed by atoms with Crippen molar-refractivity contribution in [2.75, 3.05) is 13.9 Å². The van der Waals surface area contributed by atoms with Crippen LogP contribution in [0, 0.1) is 0 Å². The maximum absolute atomic E-state index is 10.5. The molecule has 0 radical (unpaired) electrons. The predicted octanol–water partition coefficient (Wildman–Crippen LogP) is 1.33. The number of carbonyl (C=O) groups is 1. The smallest absolute Gasteiger partial charge is 0.153 e. The Hall–Kier alpha value is -1.39. The van der Waals surface area contributed by atoms with Crippen molar-refractivity contribution in [1.29, 1.82) is 0 Å². The van der Waals surface area contributed by atoms with E-state index in [-0.39, 0.29) is 18.1 Å². The fourth-order valence-corrected chi connectivity index (χ4v) is 1.03. The molecule has 0 atom stereocenters. The Morgan fingerprint density at radius 1 is 1.50 bits per heavy atom.